The van der Waals surface area contributed by atoms with E-state index in [1.807, 2.05) is 13.8 Å². The Morgan fingerprint density at radius 3 is 1.96 bits per heavy atom. The molecule has 0 aliphatic carbocycles. The van der Waals surface area contributed by atoms with Gasteiger partial charge in [-0.1, -0.05) is 27.2 Å². The standard InChI is InChI=1S/C28H55N4O9S4/c1-6-23(3)21-32(19-20-41-22-25(32)13-14-26-29(5)44(26,37)38)45(39,40)27(31-17-9-8-10-18-31)28(42(33,34)7-2)43(35,36)24(4)30-15-11-12-16-30/h23-28H,6-22H2,1-5H3/q+1. The molecule has 8 unspecified atom stereocenters. The Bertz CT molecular complexity index is 1460. The van der Waals surface area contributed by atoms with Gasteiger partial charge >= 0.3 is 10.0 Å². The number of ether oxygens (including phenoxy) is 1. The zero-order chi connectivity index (χ0) is 33.4. The maximum absolute atomic E-state index is 15.6. The van der Waals surface area contributed by atoms with E-state index in [9.17, 15) is 25.3 Å². The third-order valence-electron chi connectivity index (χ3n) is 10.8. The molecule has 45 heavy (non-hydrogen) atoms. The first-order valence-electron chi connectivity index (χ1n) is 16.6. The summed E-state index contributed by atoms with van der Waals surface area (Å²) in [6.45, 7) is 8.72. The Balaban J connectivity index is 1.90. The van der Waals surface area contributed by atoms with E-state index in [4.69, 9.17) is 4.74 Å². The average molecular weight is 720 g/mol. The van der Waals surface area contributed by atoms with Gasteiger partial charge in [0.25, 0.3) is 0 Å². The van der Waals surface area contributed by atoms with Crippen LogP contribution in [-0.4, -0.2) is 144 Å². The monoisotopic (exact) mass is 719 g/mol. The predicted octanol–water partition coefficient (Wildman–Crippen LogP) is 1.39. The van der Waals surface area contributed by atoms with Crippen LogP contribution in [-0.2, 0) is 44.5 Å². The second-order valence-corrected chi connectivity index (χ2v) is 22.9. The van der Waals surface area contributed by atoms with Crippen molar-refractivity contribution in [2.24, 2.45) is 5.92 Å². The predicted molar refractivity (Wildman–Crippen MR) is 174 cm³/mol. The summed E-state index contributed by atoms with van der Waals surface area (Å²) in [5.74, 6) is -0.594. The molecule has 0 radical (unpaired) electrons. The molecule has 0 amide bonds. The smallest absolute Gasteiger partial charge is 0.316 e. The number of hydrogen-bond donors (Lipinski definition) is 0. The maximum atomic E-state index is 15.6. The van der Waals surface area contributed by atoms with E-state index in [-0.39, 0.29) is 58.2 Å². The van der Waals surface area contributed by atoms with Crippen LogP contribution in [0.15, 0.2) is 0 Å². The molecule has 4 fully saturated rings. The van der Waals surface area contributed by atoms with Gasteiger partial charge < -0.3 is 4.74 Å². The van der Waals surface area contributed by atoms with Gasteiger partial charge in [-0.2, -0.15) is 12.7 Å². The number of quaternary nitrogens is 1. The first-order chi connectivity index (χ1) is 21.0. The third kappa shape index (κ3) is 7.17. The fourth-order valence-corrected chi connectivity index (χ4v) is 18.4. The van der Waals surface area contributed by atoms with E-state index in [1.54, 1.807) is 9.80 Å². The molecule has 8 atom stereocenters. The zero-order valence-corrected chi connectivity index (χ0v) is 30.8. The summed E-state index contributed by atoms with van der Waals surface area (Å²) < 4.78 is 118. The minimum absolute atomic E-state index is 0.0373. The van der Waals surface area contributed by atoms with Crippen LogP contribution in [0.5, 0.6) is 0 Å². The lowest BCUT2D eigenvalue weighted by atomic mass is 10.0. The molecule has 0 aromatic carbocycles. The fraction of sp³-hybridized carbons (Fsp3) is 1.00. The van der Waals surface area contributed by atoms with Crippen molar-refractivity contribution in [1.82, 2.24) is 14.1 Å². The van der Waals surface area contributed by atoms with Crippen molar-refractivity contribution in [3.05, 3.63) is 0 Å². The van der Waals surface area contributed by atoms with Crippen LogP contribution in [0.2, 0.25) is 0 Å². The van der Waals surface area contributed by atoms with Gasteiger partial charge in [0.15, 0.2) is 29.6 Å². The normalized spacial score (nSPS) is 33.0. The SMILES string of the molecule is CCC(C)C[N+]1(S(=O)(=O)C(C(S(=O)(=O)CC)S(=O)(=O)C(C)N2CCCC2)N2CCCCC2)CCOCC1CCC1N(C)S1(=O)=O. The van der Waals surface area contributed by atoms with Crippen molar-refractivity contribution >= 4 is 39.7 Å². The summed E-state index contributed by atoms with van der Waals surface area (Å²) in [5.41, 5.74) is 0. The summed E-state index contributed by atoms with van der Waals surface area (Å²) in [4.78, 5) is 3.37. The number of sulfone groups is 2. The molecule has 13 nitrogen and oxygen atoms in total. The van der Waals surface area contributed by atoms with Gasteiger partial charge in [0.05, 0.1) is 13.2 Å². The third-order valence-corrected chi connectivity index (χ3v) is 21.6. The number of piperidine rings is 1. The molecule has 4 saturated heterocycles. The Labute approximate surface area is 272 Å². The highest BCUT2D eigenvalue weighted by Gasteiger charge is 2.63. The first kappa shape index (κ1) is 37.4. The quantitative estimate of drug-likeness (QED) is 0.178. The minimum atomic E-state index is -4.60. The number of likely N-dealkylation sites (tertiary alicyclic amines) is 2. The highest BCUT2D eigenvalue weighted by Crippen LogP contribution is 2.41. The molecule has 4 heterocycles. The van der Waals surface area contributed by atoms with Gasteiger partial charge in [0.1, 0.15) is 29.9 Å². The molecule has 0 bridgehead atoms. The van der Waals surface area contributed by atoms with Crippen molar-refractivity contribution < 1.29 is 42.3 Å². The number of nitrogens with zero attached hydrogens (tertiary/aromatic N) is 4. The fourth-order valence-electron chi connectivity index (χ4n) is 7.53. The number of sulfonamides is 2. The van der Waals surface area contributed by atoms with E-state index < -0.39 is 76.1 Å². The van der Waals surface area contributed by atoms with Gasteiger partial charge in [0.2, 0.25) is 10.0 Å². The van der Waals surface area contributed by atoms with Crippen molar-refractivity contribution in [3.8, 4) is 0 Å². The maximum Gasteiger partial charge on any atom is 0.316 e. The molecule has 17 heteroatoms. The Hall–Kier alpha value is -0.400. The van der Waals surface area contributed by atoms with E-state index in [0.29, 0.717) is 32.4 Å². The lowest BCUT2D eigenvalue weighted by molar-refractivity contribution is -0.848. The minimum Gasteiger partial charge on any atom is -0.369 e. The molecule has 264 valence electrons. The second kappa shape index (κ2) is 14.2. The van der Waals surface area contributed by atoms with Crippen LogP contribution < -0.4 is 0 Å². The molecule has 4 rings (SSSR count). The summed E-state index contributed by atoms with van der Waals surface area (Å²) in [5, 5.41) is -3.66. The molecule has 0 aromatic heterocycles. The van der Waals surface area contributed by atoms with Crippen LogP contribution in [0.25, 0.3) is 0 Å². The number of hydrogen-bond acceptors (Lipinski definition) is 11. The molecular weight excluding hydrogens is 665 g/mol. The van der Waals surface area contributed by atoms with E-state index in [0.717, 1.165) is 19.3 Å². The van der Waals surface area contributed by atoms with Gasteiger partial charge in [-0.3, -0.25) is 9.80 Å². The van der Waals surface area contributed by atoms with Crippen LogP contribution >= 0.6 is 0 Å². The number of rotatable bonds is 15. The van der Waals surface area contributed by atoms with Gasteiger partial charge in [-0.15, -0.1) is 0 Å². The van der Waals surface area contributed by atoms with Crippen LogP contribution in [0, 0.1) is 5.92 Å². The van der Waals surface area contributed by atoms with Gasteiger partial charge in [0, 0.05) is 25.1 Å². The summed E-state index contributed by atoms with van der Waals surface area (Å²) >= 11 is 0. The highest BCUT2D eigenvalue weighted by atomic mass is 32.3. The topological polar surface area (TPSA) is 155 Å². The van der Waals surface area contributed by atoms with Crippen molar-refractivity contribution in [2.75, 3.05) is 65.3 Å². The Kier molecular flexibility index (Phi) is 11.8. The van der Waals surface area contributed by atoms with Gasteiger partial charge in [-0.05, 0) is 71.6 Å². The first-order valence-corrected chi connectivity index (χ1v) is 22.9. The lowest BCUT2D eigenvalue weighted by Gasteiger charge is -2.50. The van der Waals surface area contributed by atoms with E-state index in [1.165, 1.54) is 25.2 Å². The van der Waals surface area contributed by atoms with E-state index >= 15 is 8.42 Å². The lowest BCUT2D eigenvalue weighted by Crippen LogP contribution is -2.72. The van der Waals surface area contributed by atoms with Crippen LogP contribution in [0.4, 0.5) is 0 Å². The number of morpholine rings is 1. The van der Waals surface area contributed by atoms with Crippen molar-refractivity contribution in [3.63, 3.8) is 0 Å². The molecule has 0 spiro atoms. The summed E-state index contributed by atoms with van der Waals surface area (Å²) in [6.07, 6.45) is 4.79. The average Bonchev–Trinajstić information content (AvgIpc) is 3.33. The summed E-state index contributed by atoms with van der Waals surface area (Å²) in [7, 11) is -15.5. The molecule has 0 N–H and O–H groups in total. The largest absolute Gasteiger partial charge is 0.369 e. The molecule has 4 aliphatic heterocycles. The Morgan fingerprint density at radius 1 is 0.867 bits per heavy atom. The second-order valence-electron chi connectivity index (χ2n) is 13.4. The zero-order valence-electron chi connectivity index (χ0n) is 27.6. The van der Waals surface area contributed by atoms with Crippen LogP contribution in [0.3, 0.4) is 0 Å². The van der Waals surface area contributed by atoms with E-state index in [2.05, 4.69) is 0 Å². The molecule has 4 aliphatic rings. The molecular formula is C28H55N4O9S4+. The summed E-state index contributed by atoms with van der Waals surface area (Å²) in [6, 6.07) is -0.682. The van der Waals surface area contributed by atoms with Gasteiger partial charge in [-0.25, -0.2) is 29.1 Å². The van der Waals surface area contributed by atoms with Crippen molar-refractivity contribution in [1.29, 1.82) is 0 Å². The van der Waals surface area contributed by atoms with Crippen molar-refractivity contribution in [2.45, 2.75) is 106 Å². The highest BCUT2D eigenvalue weighted by molar-refractivity contribution is 8.10. The molecule has 0 saturated carbocycles. The molecule has 0 aromatic rings. The Morgan fingerprint density at radius 2 is 1.42 bits per heavy atom. The van der Waals surface area contributed by atoms with Crippen LogP contribution in [0.1, 0.15) is 79.1 Å².